The molecule has 4 rings (SSSR count). The van der Waals surface area contributed by atoms with E-state index in [-0.39, 0.29) is 12.1 Å². The van der Waals surface area contributed by atoms with Crippen molar-refractivity contribution < 1.29 is 0 Å². The predicted octanol–water partition coefficient (Wildman–Crippen LogP) is 3.25. The fourth-order valence-electron chi connectivity index (χ4n) is 4.05. The number of aromatic nitrogens is 3. The molecule has 7 heteroatoms. The molecule has 1 aliphatic heterocycles. The zero-order valence-electron chi connectivity index (χ0n) is 17.5. The zero-order chi connectivity index (χ0) is 20.9. The van der Waals surface area contributed by atoms with Crippen LogP contribution in [0.15, 0.2) is 67.3 Å². The molecule has 0 amide bonds. The van der Waals surface area contributed by atoms with Crippen molar-refractivity contribution in [2.24, 2.45) is 0 Å². The van der Waals surface area contributed by atoms with Crippen LogP contribution < -0.4 is 5.32 Å². The van der Waals surface area contributed by atoms with Gasteiger partial charge in [-0.2, -0.15) is 0 Å². The predicted molar refractivity (Wildman–Crippen MR) is 123 cm³/mol. The summed E-state index contributed by atoms with van der Waals surface area (Å²) in [4.78, 5) is 13.4. The van der Waals surface area contributed by atoms with Gasteiger partial charge in [0, 0.05) is 43.6 Å². The smallest absolute Gasteiger partial charge is 0.170 e. The molecule has 30 heavy (non-hydrogen) atoms. The highest BCUT2D eigenvalue weighted by atomic mass is 32.1. The summed E-state index contributed by atoms with van der Waals surface area (Å²) in [6.45, 7) is 2.70. The van der Waals surface area contributed by atoms with Gasteiger partial charge in [0.05, 0.1) is 17.8 Å². The topological polar surface area (TPSA) is 49.2 Å². The van der Waals surface area contributed by atoms with Gasteiger partial charge in [-0.05, 0) is 75.2 Å². The Kier molecular flexibility index (Phi) is 6.40. The van der Waals surface area contributed by atoms with Crippen LogP contribution in [0.1, 0.15) is 35.5 Å². The van der Waals surface area contributed by atoms with Crippen LogP contribution >= 0.6 is 12.2 Å². The maximum Gasteiger partial charge on any atom is 0.170 e. The van der Waals surface area contributed by atoms with Crippen LogP contribution in [0.25, 0.3) is 0 Å². The van der Waals surface area contributed by atoms with E-state index >= 15 is 0 Å². The van der Waals surface area contributed by atoms with E-state index < -0.39 is 0 Å². The SMILES string of the molecule is CN(C)CCCN1C(=S)N[C@H](c2ccccn2)[C@H]1c1cccn1Cc1cccnc1. The van der Waals surface area contributed by atoms with Gasteiger partial charge in [0.15, 0.2) is 5.11 Å². The summed E-state index contributed by atoms with van der Waals surface area (Å²) in [5.41, 5.74) is 3.41. The molecule has 0 unspecified atom stereocenters. The second-order valence-corrected chi connectivity index (χ2v) is 8.29. The molecule has 1 N–H and O–H groups in total. The third-order valence-corrected chi connectivity index (χ3v) is 5.80. The van der Waals surface area contributed by atoms with E-state index in [2.05, 4.69) is 74.2 Å². The van der Waals surface area contributed by atoms with Crippen molar-refractivity contribution in [3.05, 3.63) is 84.2 Å². The summed E-state index contributed by atoms with van der Waals surface area (Å²) in [6.07, 6.45) is 8.76. The standard InChI is InChI=1S/C23H28N6S/c1-27(2)13-7-15-29-22(21(26-23(29)30)19-9-3-4-12-25-19)20-10-6-14-28(20)17-18-8-5-11-24-16-18/h3-6,8-12,14,16,21-22H,7,13,15,17H2,1-2H3,(H,26,30)/t21-,22-/m1/s1. The van der Waals surface area contributed by atoms with Gasteiger partial charge in [-0.25, -0.2) is 0 Å². The van der Waals surface area contributed by atoms with Gasteiger partial charge in [0.1, 0.15) is 0 Å². The number of pyridine rings is 2. The fraction of sp³-hybridized carbons (Fsp3) is 0.348. The first-order valence-electron chi connectivity index (χ1n) is 10.3. The molecule has 1 fully saturated rings. The number of rotatable bonds is 8. The van der Waals surface area contributed by atoms with Crippen molar-refractivity contribution in [2.45, 2.75) is 25.0 Å². The van der Waals surface area contributed by atoms with Crippen molar-refractivity contribution in [3.63, 3.8) is 0 Å². The first kappa shape index (κ1) is 20.5. The minimum atomic E-state index is 0.0144. The lowest BCUT2D eigenvalue weighted by Gasteiger charge is -2.29. The molecule has 156 valence electrons. The molecule has 4 heterocycles. The molecule has 3 aromatic rings. The number of hydrogen-bond donors (Lipinski definition) is 1. The Bertz CT molecular complexity index is 956. The lowest BCUT2D eigenvalue weighted by atomic mass is 10.0. The van der Waals surface area contributed by atoms with Crippen molar-refractivity contribution in [2.75, 3.05) is 27.2 Å². The average Bonchev–Trinajstić information content (AvgIpc) is 3.33. The summed E-state index contributed by atoms with van der Waals surface area (Å²) in [7, 11) is 4.21. The lowest BCUT2D eigenvalue weighted by molar-refractivity contribution is 0.283. The Morgan fingerprint density at radius 3 is 2.73 bits per heavy atom. The van der Waals surface area contributed by atoms with Gasteiger partial charge in [-0.1, -0.05) is 12.1 Å². The number of hydrogen-bond acceptors (Lipinski definition) is 4. The normalized spacial score (nSPS) is 18.8. The maximum atomic E-state index is 5.77. The summed E-state index contributed by atoms with van der Waals surface area (Å²) >= 11 is 5.77. The largest absolute Gasteiger partial charge is 0.352 e. The van der Waals surface area contributed by atoms with Gasteiger partial charge in [-0.15, -0.1) is 0 Å². The third kappa shape index (κ3) is 4.52. The van der Waals surface area contributed by atoms with E-state index in [9.17, 15) is 0 Å². The number of nitrogens with zero attached hydrogens (tertiary/aromatic N) is 5. The van der Waals surface area contributed by atoms with Gasteiger partial charge in [-0.3, -0.25) is 9.97 Å². The van der Waals surface area contributed by atoms with Crippen molar-refractivity contribution in [1.82, 2.24) is 29.7 Å². The van der Waals surface area contributed by atoms with Crippen molar-refractivity contribution in [3.8, 4) is 0 Å². The quantitative estimate of drug-likeness (QED) is 0.565. The lowest BCUT2D eigenvalue weighted by Crippen LogP contribution is -2.33. The zero-order valence-corrected chi connectivity index (χ0v) is 18.3. The first-order valence-corrected chi connectivity index (χ1v) is 10.7. The monoisotopic (exact) mass is 420 g/mol. The second-order valence-electron chi connectivity index (χ2n) is 7.90. The fourth-order valence-corrected chi connectivity index (χ4v) is 4.39. The van der Waals surface area contributed by atoms with E-state index in [1.807, 2.05) is 36.8 Å². The molecule has 6 nitrogen and oxygen atoms in total. The molecule has 0 bridgehead atoms. The van der Waals surface area contributed by atoms with Crippen LogP contribution in [0.2, 0.25) is 0 Å². The highest BCUT2D eigenvalue weighted by Crippen LogP contribution is 2.38. The van der Waals surface area contributed by atoms with Gasteiger partial charge in [0.2, 0.25) is 0 Å². The Hall–Kier alpha value is -2.77. The van der Waals surface area contributed by atoms with Crippen molar-refractivity contribution >= 4 is 17.3 Å². The van der Waals surface area contributed by atoms with Crippen LogP contribution in [-0.2, 0) is 6.54 Å². The molecule has 1 aliphatic rings. The average molecular weight is 421 g/mol. The first-order chi connectivity index (χ1) is 14.6. The number of thiocarbonyl (C=S) groups is 1. The van der Waals surface area contributed by atoms with E-state index in [0.29, 0.717) is 0 Å². The van der Waals surface area contributed by atoms with E-state index in [0.717, 1.165) is 36.9 Å². The molecule has 3 aromatic heterocycles. The highest BCUT2D eigenvalue weighted by Gasteiger charge is 2.40. The molecule has 0 radical (unpaired) electrons. The van der Waals surface area contributed by atoms with Crippen LogP contribution in [0, 0.1) is 0 Å². The van der Waals surface area contributed by atoms with E-state index in [4.69, 9.17) is 12.2 Å². The Labute approximate surface area is 183 Å². The summed E-state index contributed by atoms with van der Waals surface area (Å²) in [5.74, 6) is 0. The molecule has 1 saturated heterocycles. The van der Waals surface area contributed by atoms with E-state index in [1.54, 1.807) is 0 Å². The molecule has 2 atom stereocenters. The second kappa shape index (κ2) is 9.36. The van der Waals surface area contributed by atoms with Crippen LogP contribution in [-0.4, -0.2) is 56.6 Å². The van der Waals surface area contributed by atoms with E-state index in [1.165, 1.54) is 11.3 Å². The minimum Gasteiger partial charge on any atom is -0.352 e. The maximum absolute atomic E-state index is 5.77. The minimum absolute atomic E-state index is 0.0144. The number of nitrogens with one attached hydrogen (secondary N) is 1. The molecule has 0 saturated carbocycles. The molecule has 0 spiro atoms. The highest BCUT2D eigenvalue weighted by molar-refractivity contribution is 7.80. The van der Waals surface area contributed by atoms with Gasteiger partial charge in [0.25, 0.3) is 0 Å². The Morgan fingerprint density at radius 1 is 1.10 bits per heavy atom. The third-order valence-electron chi connectivity index (χ3n) is 5.45. The summed E-state index contributed by atoms with van der Waals surface area (Å²) < 4.78 is 2.30. The molecular formula is C23H28N6S. The molecule has 0 aliphatic carbocycles. The van der Waals surface area contributed by atoms with Crippen LogP contribution in [0.3, 0.4) is 0 Å². The van der Waals surface area contributed by atoms with Gasteiger partial charge < -0.3 is 19.7 Å². The van der Waals surface area contributed by atoms with Crippen LogP contribution in [0.5, 0.6) is 0 Å². The van der Waals surface area contributed by atoms with Crippen LogP contribution in [0.4, 0.5) is 0 Å². The Balaban J connectivity index is 1.66. The molecular weight excluding hydrogens is 392 g/mol. The summed E-state index contributed by atoms with van der Waals surface area (Å²) in [6, 6.07) is 14.6. The molecule has 0 aromatic carbocycles. The van der Waals surface area contributed by atoms with Gasteiger partial charge >= 0.3 is 0 Å². The Morgan fingerprint density at radius 2 is 2.00 bits per heavy atom. The summed E-state index contributed by atoms with van der Waals surface area (Å²) in [5, 5.41) is 4.34. The van der Waals surface area contributed by atoms with Crippen molar-refractivity contribution in [1.29, 1.82) is 0 Å².